The Balaban J connectivity index is 1.55. The summed E-state index contributed by atoms with van der Waals surface area (Å²) in [6, 6.07) is 4.70. The molecule has 0 aliphatic carbocycles. The first kappa shape index (κ1) is 36.5. The number of hydrogen-bond donors (Lipinski definition) is 1. The van der Waals surface area contributed by atoms with Gasteiger partial charge in [-0.25, -0.2) is 14.0 Å². The van der Waals surface area contributed by atoms with Crippen LogP contribution in [-0.4, -0.2) is 106 Å². The van der Waals surface area contributed by atoms with Gasteiger partial charge in [-0.15, -0.1) is 5.10 Å². The number of rotatable bonds is 8. The third-order valence-corrected chi connectivity index (χ3v) is 9.81. The van der Waals surface area contributed by atoms with Gasteiger partial charge < -0.3 is 19.5 Å². The average Bonchev–Trinajstić information content (AvgIpc) is 3.62. The standard InChI is InChI=1S/C33H48BFN6O6/c1-8-27-33(6)28(41(30(44)47-33)16-12-11-15-40-20-24(38-39-40)23-13-9-10-14-36-23)22(3)37-19-21(2)18-31(4,45-7)25(34)17-26(42)32(5,35)29(43)46-27/h9-10,13-14,20-22,25,27-28,37H,8,11-12,15-19H2,1-7H3/t21-,22-,25-,27-,28-,31-,32+,33-/m1/s1. The molecule has 0 unspecified atom stereocenters. The van der Waals surface area contributed by atoms with Crippen LogP contribution in [0.5, 0.6) is 0 Å². The van der Waals surface area contributed by atoms with E-state index in [1.807, 2.05) is 38.2 Å². The molecule has 2 saturated heterocycles. The van der Waals surface area contributed by atoms with Crippen molar-refractivity contribution < 1.29 is 33.0 Å². The van der Waals surface area contributed by atoms with Gasteiger partial charge in [-0.05, 0) is 83.8 Å². The number of nitrogens with zero attached hydrogens (tertiary/aromatic N) is 5. The van der Waals surface area contributed by atoms with Crippen LogP contribution < -0.4 is 5.32 Å². The highest BCUT2D eigenvalue weighted by Crippen LogP contribution is 2.40. The Kier molecular flexibility index (Phi) is 11.5. The minimum atomic E-state index is -2.96. The zero-order chi connectivity index (χ0) is 34.6. The fourth-order valence-electron chi connectivity index (χ4n) is 6.79. The molecule has 1 amide bonds. The van der Waals surface area contributed by atoms with Crippen LogP contribution in [0.3, 0.4) is 0 Å². The molecular weight excluding hydrogens is 606 g/mol. The monoisotopic (exact) mass is 654 g/mol. The van der Waals surface area contributed by atoms with Crippen LogP contribution in [0, 0.1) is 5.92 Å². The Morgan fingerprint density at radius 2 is 1.85 bits per heavy atom. The van der Waals surface area contributed by atoms with Gasteiger partial charge in [0.15, 0.2) is 11.4 Å². The van der Waals surface area contributed by atoms with Crippen LogP contribution in [0.2, 0.25) is 5.82 Å². The second kappa shape index (κ2) is 14.8. The van der Waals surface area contributed by atoms with Crippen LogP contribution in [0.4, 0.5) is 9.18 Å². The molecule has 1 N–H and O–H groups in total. The van der Waals surface area contributed by atoms with Gasteiger partial charge in [0, 0.05) is 38.9 Å². The zero-order valence-corrected chi connectivity index (χ0v) is 28.6. The van der Waals surface area contributed by atoms with Crippen LogP contribution in [0.15, 0.2) is 30.6 Å². The van der Waals surface area contributed by atoms with Crippen molar-refractivity contribution in [1.29, 1.82) is 0 Å². The minimum Gasteiger partial charge on any atom is -0.455 e. The third kappa shape index (κ3) is 7.85. The van der Waals surface area contributed by atoms with Gasteiger partial charge in [-0.2, -0.15) is 0 Å². The van der Waals surface area contributed by atoms with Gasteiger partial charge in [0.25, 0.3) is 5.67 Å². The maximum Gasteiger partial charge on any atom is 0.410 e. The highest BCUT2D eigenvalue weighted by molar-refractivity contribution is 6.16. The number of fused-ring (bicyclic) bond motifs is 1. The molecule has 2 aromatic rings. The predicted molar refractivity (Wildman–Crippen MR) is 173 cm³/mol. The van der Waals surface area contributed by atoms with Crippen molar-refractivity contribution in [3.05, 3.63) is 30.6 Å². The second-order valence-corrected chi connectivity index (χ2v) is 13.5. The zero-order valence-electron chi connectivity index (χ0n) is 28.6. The molecule has 14 heteroatoms. The molecule has 256 valence electrons. The fourth-order valence-corrected chi connectivity index (χ4v) is 6.79. The lowest BCUT2D eigenvalue weighted by molar-refractivity contribution is -0.178. The van der Waals surface area contributed by atoms with Crippen molar-refractivity contribution >= 4 is 25.7 Å². The van der Waals surface area contributed by atoms with E-state index in [0.717, 1.165) is 12.6 Å². The van der Waals surface area contributed by atoms with Gasteiger partial charge in [0.05, 0.1) is 31.4 Å². The van der Waals surface area contributed by atoms with Crippen molar-refractivity contribution in [2.45, 2.75) is 121 Å². The molecule has 2 aliphatic heterocycles. The van der Waals surface area contributed by atoms with Crippen LogP contribution in [0.25, 0.3) is 11.4 Å². The third-order valence-electron chi connectivity index (χ3n) is 9.81. The first-order chi connectivity index (χ1) is 22.2. The molecule has 2 fully saturated rings. The van der Waals surface area contributed by atoms with Crippen LogP contribution in [0.1, 0.15) is 73.6 Å². The molecule has 0 aromatic carbocycles. The SMILES string of the molecule is [B][C@@H]1CC(=O)[C@](C)(F)C(=O)O[C@H](CC)[C@@]2(C)OC(=O)N(CCCCn3cc(-c4ccccn4)nn3)[C@@H]2[C@@H](C)NC[C@H](C)C[C@@]1(C)OC. The van der Waals surface area contributed by atoms with Crippen molar-refractivity contribution in [1.82, 2.24) is 30.2 Å². The predicted octanol–water partition coefficient (Wildman–Crippen LogP) is 4.09. The number of methoxy groups -OCH3 is 1. The summed E-state index contributed by atoms with van der Waals surface area (Å²) in [5, 5.41) is 12.0. The Labute approximate surface area is 277 Å². The molecule has 4 rings (SSSR count). The molecule has 2 aromatic heterocycles. The van der Waals surface area contributed by atoms with Crippen LogP contribution >= 0.6 is 0 Å². The van der Waals surface area contributed by atoms with E-state index < -0.39 is 59.1 Å². The Morgan fingerprint density at radius 3 is 2.51 bits per heavy atom. The first-order valence-electron chi connectivity index (χ1n) is 16.4. The molecule has 0 bridgehead atoms. The van der Waals surface area contributed by atoms with Crippen molar-refractivity contribution in [2.24, 2.45) is 5.92 Å². The largest absolute Gasteiger partial charge is 0.455 e. The topological polar surface area (TPSA) is 138 Å². The highest BCUT2D eigenvalue weighted by atomic mass is 19.1. The van der Waals surface area contributed by atoms with Crippen molar-refractivity contribution in [3.8, 4) is 11.4 Å². The van der Waals surface area contributed by atoms with Crippen LogP contribution in [-0.2, 0) is 30.3 Å². The summed E-state index contributed by atoms with van der Waals surface area (Å²) >= 11 is 0. The number of halogens is 1. The van der Waals surface area contributed by atoms with Gasteiger partial charge in [0.1, 0.15) is 11.8 Å². The van der Waals surface area contributed by atoms with E-state index >= 15 is 4.39 Å². The van der Waals surface area contributed by atoms with E-state index in [2.05, 4.69) is 20.6 Å². The minimum absolute atomic E-state index is 0.0293. The molecule has 8 atom stereocenters. The smallest absolute Gasteiger partial charge is 0.410 e. The first-order valence-corrected chi connectivity index (χ1v) is 16.4. The highest BCUT2D eigenvalue weighted by Gasteiger charge is 2.59. The molecule has 12 nitrogen and oxygen atoms in total. The van der Waals surface area contributed by atoms with E-state index in [4.69, 9.17) is 22.1 Å². The Morgan fingerprint density at radius 1 is 1.13 bits per heavy atom. The number of Topliss-reactive ketones (excluding diaryl/α,β-unsaturated/α-hetero) is 1. The van der Waals surface area contributed by atoms with Gasteiger partial charge in [-0.3, -0.25) is 19.4 Å². The summed E-state index contributed by atoms with van der Waals surface area (Å²) in [5.41, 5.74) is -3.84. The van der Waals surface area contributed by atoms with E-state index in [1.165, 1.54) is 7.11 Å². The Bertz CT molecular complexity index is 1400. The Hall–Kier alpha value is -3.39. The lowest BCUT2D eigenvalue weighted by atomic mass is 9.67. The summed E-state index contributed by atoms with van der Waals surface area (Å²) < 4.78 is 35.1. The number of aromatic nitrogens is 4. The number of ether oxygens (including phenoxy) is 3. The maximum atomic E-state index is 15.9. The molecule has 2 aliphatic rings. The van der Waals surface area contributed by atoms with Crippen molar-refractivity contribution in [3.63, 3.8) is 0 Å². The average molecular weight is 655 g/mol. The van der Waals surface area contributed by atoms with E-state index in [1.54, 1.807) is 36.5 Å². The lowest BCUT2D eigenvalue weighted by Gasteiger charge is -2.41. The number of carbonyl (C=O) groups is 3. The number of nitrogens with one attached hydrogen (secondary N) is 1. The quantitative estimate of drug-likeness (QED) is 0.192. The van der Waals surface area contributed by atoms with Crippen molar-refractivity contribution in [2.75, 3.05) is 20.2 Å². The summed E-state index contributed by atoms with van der Waals surface area (Å²) in [6.45, 7) is 11.6. The number of hydrogen-bond acceptors (Lipinski definition) is 10. The molecule has 47 heavy (non-hydrogen) atoms. The normalized spacial score (nSPS) is 34.3. The lowest BCUT2D eigenvalue weighted by Crippen LogP contribution is -2.61. The molecule has 0 saturated carbocycles. The van der Waals surface area contributed by atoms with Gasteiger partial charge >= 0.3 is 12.1 Å². The number of amides is 1. The number of cyclic esters (lactones) is 1. The number of unbranched alkanes of at least 4 members (excludes halogenated alkanes) is 1. The molecule has 4 heterocycles. The molecule has 0 spiro atoms. The van der Waals surface area contributed by atoms with E-state index in [-0.39, 0.29) is 18.4 Å². The molecular formula is C33H48BFN6O6. The number of carbonyl (C=O) groups excluding carboxylic acids is 3. The van der Waals surface area contributed by atoms with E-state index in [0.29, 0.717) is 44.6 Å². The van der Waals surface area contributed by atoms with E-state index in [9.17, 15) is 14.4 Å². The number of aryl methyl sites for hydroxylation is 1. The number of ketones is 1. The van der Waals surface area contributed by atoms with Gasteiger partial charge in [0.2, 0.25) is 0 Å². The summed E-state index contributed by atoms with van der Waals surface area (Å²) in [5.74, 6) is -3.16. The summed E-state index contributed by atoms with van der Waals surface area (Å²) in [6.07, 6.45) is 3.55. The van der Waals surface area contributed by atoms with Gasteiger partial charge in [-0.1, -0.05) is 25.1 Å². The fraction of sp³-hybridized carbons (Fsp3) is 0.697. The second-order valence-electron chi connectivity index (χ2n) is 13.5. The molecule has 2 radical (unpaired) electrons. The summed E-state index contributed by atoms with van der Waals surface area (Å²) in [4.78, 5) is 45.9. The number of esters is 1. The number of pyridine rings is 1. The maximum absolute atomic E-state index is 15.9. The summed E-state index contributed by atoms with van der Waals surface area (Å²) in [7, 11) is 7.90. The number of alkyl halides is 1.